The number of methoxy groups -OCH3 is 1. The lowest BCUT2D eigenvalue weighted by Gasteiger charge is -2.18. The first-order valence-electron chi connectivity index (χ1n) is 6.28. The number of aryl methyl sites for hydroxylation is 1. The zero-order valence-corrected chi connectivity index (χ0v) is 12.2. The Balaban J connectivity index is 2.74. The molecule has 0 aliphatic heterocycles. The van der Waals surface area contributed by atoms with Crippen molar-refractivity contribution in [3.8, 4) is 0 Å². The van der Waals surface area contributed by atoms with E-state index in [0.717, 1.165) is 5.56 Å². The number of carboxylic acid groups (broad SMARTS) is 1. The van der Waals surface area contributed by atoms with Crippen molar-refractivity contribution in [2.45, 2.75) is 13.3 Å². The van der Waals surface area contributed by atoms with Crippen molar-refractivity contribution in [1.82, 2.24) is 4.90 Å². The van der Waals surface area contributed by atoms with E-state index < -0.39 is 18.0 Å². The molecule has 2 N–H and O–H groups in total. The molecule has 0 saturated heterocycles. The number of anilines is 1. The number of carboxylic acids is 1. The van der Waals surface area contributed by atoms with Crippen molar-refractivity contribution in [3.05, 3.63) is 29.3 Å². The Morgan fingerprint density at radius 3 is 2.57 bits per heavy atom. The number of nitrogens with zero attached hydrogens (tertiary/aromatic N) is 1. The van der Waals surface area contributed by atoms with Gasteiger partial charge in [-0.1, -0.05) is 11.6 Å². The van der Waals surface area contributed by atoms with E-state index in [1.54, 1.807) is 13.0 Å². The molecule has 1 aromatic carbocycles. The van der Waals surface area contributed by atoms with Crippen LogP contribution in [0, 0.1) is 6.92 Å². The monoisotopic (exact) mass is 294 g/mol. The molecule has 0 aromatic heterocycles. The van der Waals surface area contributed by atoms with Crippen molar-refractivity contribution in [3.63, 3.8) is 0 Å². The second-order valence-corrected chi connectivity index (χ2v) is 4.53. The van der Waals surface area contributed by atoms with Crippen LogP contribution in [0.1, 0.15) is 22.3 Å². The van der Waals surface area contributed by atoms with Crippen molar-refractivity contribution < 1.29 is 24.2 Å². The van der Waals surface area contributed by atoms with Gasteiger partial charge in [-0.2, -0.15) is 0 Å². The SMILES string of the molecule is COC(=O)CCN(C)C(=O)Nc1ccc(C)cc1C(=O)O. The van der Waals surface area contributed by atoms with Crippen molar-refractivity contribution in [2.24, 2.45) is 0 Å². The third-order valence-electron chi connectivity index (χ3n) is 2.87. The number of carbonyl (C=O) groups is 3. The van der Waals surface area contributed by atoms with Crippen molar-refractivity contribution >= 4 is 23.7 Å². The lowest BCUT2D eigenvalue weighted by molar-refractivity contribution is -0.140. The minimum atomic E-state index is -1.12. The van der Waals surface area contributed by atoms with Crippen LogP contribution in [0.2, 0.25) is 0 Å². The Labute approximate surface area is 122 Å². The number of hydrogen-bond donors (Lipinski definition) is 2. The molecule has 0 heterocycles. The van der Waals surface area contributed by atoms with Gasteiger partial charge in [-0.25, -0.2) is 9.59 Å². The van der Waals surface area contributed by atoms with E-state index in [9.17, 15) is 14.4 Å². The summed E-state index contributed by atoms with van der Waals surface area (Å²) in [6.07, 6.45) is 0.0695. The molecule has 0 radical (unpaired) electrons. The highest BCUT2D eigenvalue weighted by Gasteiger charge is 2.15. The molecular weight excluding hydrogens is 276 g/mol. The summed E-state index contributed by atoms with van der Waals surface area (Å²) >= 11 is 0. The summed E-state index contributed by atoms with van der Waals surface area (Å²) in [5.41, 5.74) is 1.01. The van der Waals surface area contributed by atoms with Crippen LogP contribution in [0.3, 0.4) is 0 Å². The Morgan fingerprint density at radius 1 is 1.33 bits per heavy atom. The van der Waals surface area contributed by atoms with Crippen LogP contribution in [-0.4, -0.2) is 48.7 Å². The molecule has 1 aromatic rings. The van der Waals surface area contributed by atoms with E-state index in [1.165, 1.54) is 31.2 Å². The highest BCUT2D eigenvalue weighted by Crippen LogP contribution is 2.17. The molecule has 2 amide bonds. The van der Waals surface area contributed by atoms with E-state index >= 15 is 0 Å². The van der Waals surface area contributed by atoms with E-state index in [1.807, 2.05) is 0 Å². The Morgan fingerprint density at radius 2 is 2.00 bits per heavy atom. The third kappa shape index (κ3) is 4.79. The summed E-state index contributed by atoms with van der Waals surface area (Å²) in [5.74, 6) is -1.54. The highest BCUT2D eigenvalue weighted by molar-refractivity contribution is 6.00. The van der Waals surface area contributed by atoms with Gasteiger partial charge in [-0.05, 0) is 19.1 Å². The summed E-state index contributed by atoms with van der Waals surface area (Å²) in [4.78, 5) is 35.4. The standard InChI is InChI=1S/C14H18N2O5/c1-9-4-5-11(10(8-9)13(18)19)15-14(20)16(2)7-6-12(17)21-3/h4-5,8H,6-7H2,1-3H3,(H,15,20)(H,18,19). The number of amides is 2. The molecule has 114 valence electrons. The fraction of sp³-hybridized carbons (Fsp3) is 0.357. The van der Waals surface area contributed by atoms with Gasteiger partial charge in [0.15, 0.2) is 0 Å². The average molecular weight is 294 g/mol. The molecule has 0 atom stereocenters. The first kappa shape index (κ1) is 16.5. The fourth-order valence-electron chi connectivity index (χ4n) is 1.62. The number of rotatable bonds is 5. The van der Waals surface area contributed by atoms with Crippen LogP contribution in [0.15, 0.2) is 18.2 Å². The molecule has 0 bridgehead atoms. The maximum atomic E-state index is 11.9. The van der Waals surface area contributed by atoms with Gasteiger partial charge in [0, 0.05) is 13.6 Å². The van der Waals surface area contributed by atoms with Gasteiger partial charge >= 0.3 is 18.0 Å². The number of hydrogen-bond acceptors (Lipinski definition) is 4. The summed E-state index contributed by atoms with van der Waals surface area (Å²) in [6, 6.07) is 4.22. The topological polar surface area (TPSA) is 95.9 Å². The summed E-state index contributed by atoms with van der Waals surface area (Å²) in [7, 11) is 2.78. The van der Waals surface area contributed by atoms with Gasteiger partial charge in [0.1, 0.15) is 0 Å². The number of aromatic carboxylic acids is 1. The van der Waals surface area contributed by atoms with E-state index in [0.29, 0.717) is 0 Å². The molecule has 0 unspecified atom stereocenters. The van der Waals surface area contributed by atoms with Gasteiger partial charge in [0.05, 0.1) is 24.8 Å². The average Bonchev–Trinajstić information content (AvgIpc) is 2.45. The first-order chi connectivity index (χ1) is 9.85. The van der Waals surface area contributed by atoms with Gasteiger partial charge in [-0.3, -0.25) is 4.79 Å². The van der Waals surface area contributed by atoms with Crippen LogP contribution in [0.25, 0.3) is 0 Å². The molecule has 0 spiro atoms. The number of esters is 1. The van der Waals surface area contributed by atoms with Crippen LogP contribution < -0.4 is 5.32 Å². The predicted octanol–water partition coefficient (Wildman–Crippen LogP) is 1.72. The van der Waals surface area contributed by atoms with Gasteiger partial charge < -0.3 is 20.1 Å². The minimum Gasteiger partial charge on any atom is -0.478 e. The van der Waals surface area contributed by atoms with Gasteiger partial charge in [0.2, 0.25) is 0 Å². The van der Waals surface area contributed by atoms with Crippen LogP contribution in [0.4, 0.5) is 10.5 Å². The van der Waals surface area contributed by atoms with Gasteiger partial charge in [-0.15, -0.1) is 0 Å². The minimum absolute atomic E-state index is 0.0183. The lowest BCUT2D eigenvalue weighted by Crippen LogP contribution is -2.33. The van der Waals surface area contributed by atoms with Crippen LogP contribution in [0.5, 0.6) is 0 Å². The Kier molecular flexibility index (Phi) is 5.71. The number of carbonyl (C=O) groups excluding carboxylic acids is 2. The molecule has 0 aliphatic rings. The normalized spacial score (nSPS) is 9.86. The number of ether oxygens (including phenoxy) is 1. The number of nitrogens with one attached hydrogen (secondary N) is 1. The molecule has 7 heteroatoms. The van der Waals surface area contributed by atoms with Crippen molar-refractivity contribution in [2.75, 3.05) is 26.0 Å². The van der Waals surface area contributed by atoms with Crippen LogP contribution >= 0.6 is 0 Å². The summed E-state index contributed by atoms with van der Waals surface area (Å²) in [5, 5.41) is 11.6. The number of urea groups is 1. The fourth-order valence-corrected chi connectivity index (χ4v) is 1.62. The highest BCUT2D eigenvalue weighted by atomic mass is 16.5. The predicted molar refractivity (Wildman–Crippen MR) is 76.4 cm³/mol. The third-order valence-corrected chi connectivity index (χ3v) is 2.87. The van der Waals surface area contributed by atoms with E-state index in [2.05, 4.69) is 10.1 Å². The lowest BCUT2D eigenvalue weighted by atomic mass is 10.1. The smallest absolute Gasteiger partial charge is 0.337 e. The van der Waals surface area contributed by atoms with Gasteiger partial charge in [0.25, 0.3) is 0 Å². The maximum Gasteiger partial charge on any atom is 0.337 e. The second kappa shape index (κ2) is 7.28. The quantitative estimate of drug-likeness (QED) is 0.806. The first-order valence-corrected chi connectivity index (χ1v) is 6.28. The summed E-state index contributed by atoms with van der Waals surface area (Å²) < 4.78 is 4.49. The molecule has 0 fully saturated rings. The number of benzene rings is 1. The Hall–Kier alpha value is -2.57. The van der Waals surface area contributed by atoms with E-state index in [-0.39, 0.29) is 24.2 Å². The van der Waals surface area contributed by atoms with Crippen LogP contribution in [-0.2, 0) is 9.53 Å². The summed E-state index contributed by atoms with van der Waals surface area (Å²) in [6.45, 7) is 1.94. The second-order valence-electron chi connectivity index (χ2n) is 4.53. The van der Waals surface area contributed by atoms with Crippen molar-refractivity contribution in [1.29, 1.82) is 0 Å². The zero-order chi connectivity index (χ0) is 16.0. The largest absolute Gasteiger partial charge is 0.478 e. The molecule has 1 rings (SSSR count). The maximum absolute atomic E-state index is 11.9. The molecular formula is C14H18N2O5. The molecule has 0 saturated carbocycles. The molecule has 0 aliphatic carbocycles. The molecule has 21 heavy (non-hydrogen) atoms. The van der Waals surface area contributed by atoms with E-state index in [4.69, 9.17) is 5.11 Å². The zero-order valence-electron chi connectivity index (χ0n) is 12.2. The Bertz CT molecular complexity index is 556. The molecule has 7 nitrogen and oxygen atoms in total.